The molecule has 0 atom stereocenters. The van der Waals surface area contributed by atoms with Gasteiger partial charge in [0.2, 0.25) is 0 Å². The molecule has 2 aromatic heterocycles. The third-order valence-corrected chi connectivity index (χ3v) is 3.84. The molecule has 0 aliphatic heterocycles. The van der Waals surface area contributed by atoms with Gasteiger partial charge in [-0.2, -0.15) is 0 Å². The monoisotopic (exact) mass is 289 g/mol. The molecular weight excluding hydrogens is 270 g/mol. The summed E-state index contributed by atoms with van der Waals surface area (Å²) >= 11 is 1.67. The van der Waals surface area contributed by atoms with Gasteiger partial charge in [-0.05, 0) is 37.4 Å². The quantitative estimate of drug-likeness (QED) is 0.888. The Morgan fingerprint density at radius 3 is 2.85 bits per heavy atom. The number of pyridine rings is 1. The fourth-order valence-electron chi connectivity index (χ4n) is 1.97. The van der Waals surface area contributed by atoms with Gasteiger partial charge in [-0.15, -0.1) is 11.3 Å². The van der Waals surface area contributed by atoms with Crippen molar-refractivity contribution in [3.05, 3.63) is 46.3 Å². The van der Waals surface area contributed by atoms with Crippen LogP contribution in [-0.2, 0) is 6.54 Å². The predicted octanol–water partition coefficient (Wildman–Crippen LogP) is 3.24. The summed E-state index contributed by atoms with van der Waals surface area (Å²) in [7, 11) is 0. The summed E-state index contributed by atoms with van der Waals surface area (Å²) in [5, 5.41) is 5.17. The SMILES string of the molecule is CCNc1ncccc1C(=O)N(CC)Cc1cccs1. The maximum Gasteiger partial charge on any atom is 0.257 e. The Morgan fingerprint density at radius 1 is 1.35 bits per heavy atom. The Hall–Kier alpha value is -1.88. The second kappa shape index (κ2) is 7.05. The number of rotatable bonds is 6. The summed E-state index contributed by atoms with van der Waals surface area (Å²) in [6, 6.07) is 7.68. The van der Waals surface area contributed by atoms with Crippen LogP contribution in [0.3, 0.4) is 0 Å². The molecule has 0 aliphatic rings. The lowest BCUT2D eigenvalue weighted by Crippen LogP contribution is -2.30. The van der Waals surface area contributed by atoms with Gasteiger partial charge in [-0.3, -0.25) is 4.79 Å². The molecule has 106 valence electrons. The summed E-state index contributed by atoms with van der Waals surface area (Å²) in [5.41, 5.74) is 0.632. The van der Waals surface area contributed by atoms with Gasteiger partial charge >= 0.3 is 0 Å². The third kappa shape index (κ3) is 3.36. The van der Waals surface area contributed by atoms with Gasteiger partial charge in [-0.1, -0.05) is 6.07 Å². The van der Waals surface area contributed by atoms with E-state index in [1.807, 2.05) is 36.3 Å². The van der Waals surface area contributed by atoms with Crippen molar-refractivity contribution in [3.63, 3.8) is 0 Å². The highest BCUT2D eigenvalue weighted by Gasteiger charge is 2.18. The highest BCUT2D eigenvalue weighted by molar-refractivity contribution is 7.09. The van der Waals surface area contributed by atoms with Crippen molar-refractivity contribution in [2.24, 2.45) is 0 Å². The second-order valence-corrected chi connectivity index (χ2v) is 5.36. The van der Waals surface area contributed by atoms with Crippen LogP contribution in [0.5, 0.6) is 0 Å². The average molecular weight is 289 g/mol. The van der Waals surface area contributed by atoms with Crippen LogP contribution in [-0.4, -0.2) is 28.9 Å². The maximum atomic E-state index is 12.6. The molecular formula is C15H19N3OS. The van der Waals surface area contributed by atoms with Crippen LogP contribution in [0, 0.1) is 0 Å². The molecule has 2 heterocycles. The van der Waals surface area contributed by atoms with Crippen LogP contribution in [0.1, 0.15) is 29.1 Å². The number of hydrogen-bond acceptors (Lipinski definition) is 4. The number of carbonyl (C=O) groups excluding carboxylic acids is 1. The van der Waals surface area contributed by atoms with E-state index in [1.54, 1.807) is 23.6 Å². The van der Waals surface area contributed by atoms with E-state index in [0.717, 1.165) is 6.54 Å². The van der Waals surface area contributed by atoms with Gasteiger partial charge in [0.1, 0.15) is 5.82 Å². The molecule has 0 spiro atoms. The smallest absolute Gasteiger partial charge is 0.257 e. The van der Waals surface area contributed by atoms with E-state index >= 15 is 0 Å². The number of thiophene rings is 1. The summed E-state index contributed by atoms with van der Waals surface area (Å²) in [4.78, 5) is 19.9. The Kier molecular flexibility index (Phi) is 5.12. The zero-order valence-electron chi connectivity index (χ0n) is 11.8. The van der Waals surface area contributed by atoms with Crippen LogP contribution < -0.4 is 5.32 Å². The number of carbonyl (C=O) groups is 1. The maximum absolute atomic E-state index is 12.6. The third-order valence-electron chi connectivity index (χ3n) is 2.98. The second-order valence-electron chi connectivity index (χ2n) is 4.33. The average Bonchev–Trinajstić information content (AvgIpc) is 2.98. The Labute approximate surface area is 123 Å². The van der Waals surface area contributed by atoms with Crippen LogP contribution in [0.15, 0.2) is 35.8 Å². The van der Waals surface area contributed by atoms with Gasteiger partial charge in [0.15, 0.2) is 0 Å². The molecule has 0 saturated heterocycles. The normalized spacial score (nSPS) is 10.3. The first-order valence-electron chi connectivity index (χ1n) is 6.76. The van der Waals surface area contributed by atoms with Crippen molar-refractivity contribution in [1.82, 2.24) is 9.88 Å². The first kappa shape index (κ1) is 14.5. The molecule has 5 heteroatoms. The highest BCUT2D eigenvalue weighted by Crippen LogP contribution is 2.17. The van der Waals surface area contributed by atoms with Crippen LogP contribution in [0.25, 0.3) is 0 Å². The predicted molar refractivity (Wildman–Crippen MR) is 83.1 cm³/mol. The van der Waals surface area contributed by atoms with Crippen molar-refractivity contribution in [3.8, 4) is 0 Å². The topological polar surface area (TPSA) is 45.2 Å². The fourth-order valence-corrected chi connectivity index (χ4v) is 2.69. The highest BCUT2D eigenvalue weighted by atomic mass is 32.1. The number of nitrogens with one attached hydrogen (secondary N) is 1. The van der Waals surface area contributed by atoms with Crippen molar-refractivity contribution in [2.75, 3.05) is 18.4 Å². The number of anilines is 1. The van der Waals surface area contributed by atoms with Crippen LogP contribution in [0.2, 0.25) is 0 Å². The fraction of sp³-hybridized carbons (Fsp3) is 0.333. The van der Waals surface area contributed by atoms with Gasteiger partial charge in [0, 0.05) is 24.2 Å². The van der Waals surface area contributed by atoms with Gasteiger partial charge in [-0.25, -0.2) is 4.98 Å². The summed E-state index contributed by atoms with van der Waals surface area (Å²) in [6.45, 7) is 6.06. The molecule has 1 amide bonds. The summed E-state index contributed by atoms with van der Waals surface area (Å²) in [6.07, 6.45) is 1.70. The lowest BCUT2D eigenvalue weighted by Gasteiger charge is -2.21. The zero-order valence-corrected chi connectivity index (χ0v) is 12.6. The number of hydrogen-bond donors (Lipinski definition) is 1. The molecule has 0 radical (unpaired) electrons. The van der Waals surface area contributed by atoms with Gasteiger partial charge in [0.05, 0.1) is 12.1 Å². The Bertz CT molecular complexity index is 554. The Balaban J connectivity index is 2.20. The number of nitrogens with zero attached hydrogens (tertiary/aromatic N) is 2. The molecule has 0 bridgehead atoms. The van der Waals surface area contributed by atoms with Crippen molar-refractivity contribution < 1.29 is 4.79 Å². The molecule has 1 N–H and O–H groups in total. The molecule has 2 aromatic rings. The van der Waals surface area contributed by atoms with Gasteiger partial charge in [0.25, 0.3) is 5.91 Å². The Morgan fingerprint density at radius 2 is 2.20 bits per heavy atom. The first-order chi connectivity index (χ1) is 9.76. The van der Waals surface area contributed by atoms with Crippen LogP contribution in [0.4, 0.5) is 5.82 Å². The first-order valence-corrected chi connectivity index (χ1v) is 7.64. The molecule has 20 heavy (non-hydrogen) atoms. The number of amides is 1. The largest absolute Gasteiger partial charge is 0.370 e. The van der Waals surface area contributed by atoms with Gasteiger partial charge < -0.3 is 10.2 Å². The van der Waals surface area contributed by atoms with E-state index in [-0.39, 0.29) is 5.91 Å². The number of aromatic nitrogens is 1. The summed E-state index contributed by atoms with van der Waals surface area (Å²) in [5.74, 6) is 0.676. The van der Waals surface area contributed by atoms with E-state index in [1.165, 1.54) is 4.88 Å². The lowest BCUT2D eigenvalue weighted by atomic mass is 10.2. The molecule has 2 rings (SSSR count). The molecule has 0 aromatic carbocycles. The summed E-state index contributed by atoms with van der Waals surface area (Å²) < 4.78 is 0. The van der Waals surface area contributed by atoms with Crippen molar-refractivity contribution in [1.29, 1.82) is 0 Å². The molecule has 0 aliphatic carbocycles. The van der Waals surface area contributed by atoms with E-state index in [0.29, 0.717) is 24.5 Å². The van der Waals surface area contributed by atoms with E-state index in [2.05, 4.69) is 16.4 Å². The van der Waals surface area contributed by atoms with Crippen molar-refractivity contribution in [2.45, 2.75) is 20.4 Å². The van der Waals surface area contributed by atoms with E-state index in [9.17, 15) is 4.79 Å². The standard InChI is InChI=1S/C15H19N3OS/c1-3-16-14-13(8-5-9-17-14)15(19)18(4-2)11-12-7-6-10-20-12/h5-10H,3-4,11H2,1-2H3,(H,16,17). The minimum Gasteiger partial charge on any atom is -0.370 e. The zero-order chi connectivity index (χ0) is 14.4. The lowest BCUT2D eigenvalue weighted by molar-refractivity contribution is 0.0755. The minimum absolute atomic E-state index is 0.0185. The molecule has 4 nitrogen and oxygen atoms in total. The van der Waals surface area contributed by atoms with Crippen LogP contribution >= 0.6 is 11.3 Å². The molecule has 0 fully saturated rings. The minimum atomic E-state index is 0.0185. The van der Waals surface area contributed by atoms with Crippen molar-refractivity contribution >= 4 is 23.1 Å². The molecule has 0 unspecified atom stereocenters. The van der Waals surface area contributed by atoms with E-state index in [4.69, 9.17) is 0 Å². The molecule has 0 saturated carbocycles. The van der Waals surface area contributed by atoms with E-state index < -0.39 is 0 Å².